The zero-order valence-electron chi connectivity index (χ0n) is 18.3. The highest BCUT2D eigenvalue weighted by Gasteiger charge is 2.23. The molecule has 5 nitrogen and oxygen atoms in total. The standard InChI is InChI=1S/C23H39N3O2/c1-5-9-13-17-18(14-10-6-2)20(16-12-8-4)25-21(19(17)15-11-7-3)22(27)26-23(24)28/h5-16H2,1-4H3,(H3,24,26,27,28). The van der Waals surface area contributed by atoms with Gasteiger partial charge in [0.05, 0.1) is 0 Å². The number of urea groups is 1. The van der Waals surface area contributed by atoms with E-state index in [0.29, 0.717) is 5.69 Å². The van der Waals surface area contributed by atoms with Crippen molar-refractivity contribution in [1.29, 1.82) is 0 Å². The average Bonchev–Trinajstić information content (AvgIpc) is 2.67. The monoisotopic (exact) mass is 389 g/mol. The third-order valence-electron chi connectivity index (χ3n) is 5.17. The van der Waals surface area contributed by atoms with Crippen LogP contribution >= 0.6 is 0 Å². The maximum Gasteiger partial charge on any atom is 0.319 e. The summed E-state index contributed by atoms with van der Waals surface area (Å²) in [6.45, 7) is 8.71. The van der Waals surface area contributed by atoms with Gasteiger partial charge in [0.15, 0.2) is 0 Å². The van der Waals surface area contributed by atoms with E-state index in [1.807, 2.05) is 0 Å². The molecule has 0 aliphatic heterocycles. The van der Waals surface area contributed by atoms with Crippen molar-refractivity contribution in [3.05, 3.63) is 28.1 Å². The quantitative estimate of drug-likeness (QED) is 0.482. The minimum atomic E-state index is -0.825. The van der Waals surface area contributed by atoms with E-state index in [0.717, 1.165) is 88.3 Å². The Labute approximate surface area is 170 Å². The summed E-state index contributed by atoms with van der Waals surface area (Å²) in [7, 11) is 0. The summed E-state index contributed by atoms with van der Waals surface area (Å²) in [6.07, 6.45) is 12.3. The maximum atomic E-state index is 12.7. The molecule has 1 heterocycles. The number of amides is 3. The van der Waals surface area contributed by atoms with Crippen molar-refractivity contribution in [2.45, 2.75) is 105 Å². The average molecular weight is 390 g/mol. The topological polar surface area (TPSA) is 85.1 Å². The maximum absolute atomic E-state index is 12.7. The molecule has 0 saturated heterocycles. The van der Waals surface area contributed by atoms with E-state index in [1.54, 1.807) is 0 Å². The van der Waals surface area contributed by atoms with Crippen LogP contribution < -0.4 is 11.1 Å². The van der Waals surface area contributed by atoms with E-state index in [9.17, 15) is 9.59 Å². The number of nitrogens with one attached hydrogen (secondary N) is 1. The Balaban J connectivity index is 3.60. The van der Waals surface area contributed by atoms with Crippen LogP contribution in [0.25, 0.3) is 0 Å². The van der Waals surface area contributed by atoms with Crippen LogP contribution in [-0.4, -0.2) is 16.9 Å². The fraction of sp³-hybridized carbons (Fsp3) is 0.696. The fourth-order valence-electron chi connectivity index (χ4n) is 3.61. The lowest BCUT2D eigenvalue weighted by molar-refractivity contribution is 0.0959. The molecule has 3 amide bonds. The molecule has 0 aliphatic rings. The fourth-order valence-corrected chi connectivity index (χ4v) is 3.61. The van der Waals surface area contributed by atoms with Gasteiger partial charge in [0.25, 0.3) is 5.91 Å². The summed E-state index contributed by atoms with van der Waals surface area (Å²) in [6, 6.07) is -0.825. The molecule has 1 aromatic heterocycles. The molecule has 0 atom stereocenters. The Kier molecular flexibility index (Phi) is 11.5. The molecule has 0 saturated carbocycles. The van der Waals surface area contributed by atoms with Crippen molar-refractivity contribution in [2.24, 2.45) is 5.73 Å². The molecular formula is C23H39N3O2. The van der Waals surface area contributed by atoms with Crippen molar-refractivity contribution in [3.8, 4) is 0 Å². The second kappa shape index (κ2) is 13.3. The van der Waals surface area contributed by atoms with E-state index in [1.165, 1.54) is 11.1 Å². The van der Waals surface area contributed by atoms with Gasteiger partial charge in [-0.1, -0.05) is 53.4 Å². The molecule has 0 spiro atoms. The second-order valence-corrected chi connectivity index (χ2v) is 7.58. The molecule has 3 N–H and O–H groups in total. The van der Waals surface area contributed by atoms with Gasteiger partial charge in [-0.15, -0.1) is 0 Å². The molecule has 28 heavy (non-hydrogen) atoms. The van der Waals surface area contributed by atoms with Gasteiger partial charge in [-0.2, -0.15) is 0 Å². The van der Waals surface area contributed by atoms with Crippen LogP contribution in [0.1, 0.15) is 112 Å². The molecule has 0 radical (unpaired) electrons. The van der Waals surface area contributed by atoms with Crippen LogP contribution in [-0.2, 0) is 25.7 Å². The number of pyridine rings is 1. The Morgan fingerprint density at radius 3 is 1.71 bits per heavy atom. The lowest BCUT2D eigenvalue weighted by Gasteiger charge is -2.21. The number of unbranched alkanes of at least 4 members (excludes halogenated alkanes) is 4. The first-order valence-electron chi connectivity index (χ1n) is 11.1. The molecule has 1 aromatic rings. The normalized spacial score (nSPS) is 10.9. The van der Waals surface area contributed by atoms with Gasteiger partial charge < -0.3 is 5.73 Å². The van der Waals surface area contributed by atoms with Gasteiger partial charge in [-0.25, -0.2) is 9.78 Å². The van der Waals surface area contributed by atoms with E-state index in [2.05, 4.69) is 33.0 Å². The van der Waals surface area contributed by atoms with Gasteiger partial charge in [0.1, 0.15) is 5.69 Å². The first-order valence-corrected chi connectivity index (χ1v) is 11.1. The van der Waals surface area contributed by atoms with Gasteiger partial charge in [-0.05, 0) is 68.1 Å². The number of nitrogens with two attached hydrogens (primary N) is 1. The molecule has 0 fully saturated rings. The van der Waals surface area contributed by atoms with Crippen molar-refractivity contribution in [1.82, 2.24) is 10.3 Å². The van der Waals surface area contributed by atoms with Crippen molar-refractivity contribution in [2.75, 3.05) is 0 Å². The van der Waals surface area contributed by atoms with E-state index in [-0.39, 0.29) is 0 Å². The summed E-state index contributed by atoms with van der Waals surface area (Å²) < 4.78 is 0. The number of hydrogen-bond acceptors (Lipinski definition) is 3. The van der Waals surface area contributed by atoms with E-state index >= 15 is 0 Å². The molecular weight excluding hydrogens is 350 g/mol. The largest absolute Gasteiger partial charge is 0.351 e. The van der Waals surface area contributed by atoms with Gasteiger partial charge in [0.2, 0.25) is 0 Å². The van der Waals surface area contributed by atoms with Crippen molar-refractivity contribution >= 4 is 11.9 Å². The Hall–Kier alpha value is -1.91. The number of aromatic nitrogens is 1. The Bertz CT molecular complexity index is 641. The smallest absolute Gasteiger partial charge is 0.319 e. The van der Waals surface area contributed by atoms with Crippen LogP contribution in [0.4, 0.5) is 4.79 Å². The molecule has 0 unspecified atom stereocenters. The number of rotatable bonds is 13. The lowest BCUT2D eigenvalue weighted by atomic mass is 9.87. The number of primary amides is 1. The van der Waals surface area contributed by atoms with Crippen LogP contribution in [0, 0.1) is 0 Å². The summed E-state index contributed by atoms with van der Waals surface area (Å²) in [5.41, 5.74) is 10.3. The summed E-state index contributed by atoms with van der Waals surface area (Å²) in [5.74, 6) is -0.462. The number of nitrogens with zero attached hydrogens (tertiary/aromatic N) is 1. The van der Waals surface area contributed by atoms with Crippen LogP contribution in [0.5, 0.6) is 0 Å². The highest BCUT2D eigenvalue weighted by atomic mass is 16.2. The van der Waals surface area contributed by atoms with Gasteiger partial charge >= 0.3 is 6.03 Å². The second-order valence-electron chi connectivity index (χ2n) is 7.58. The van der Waals surface area contributed by atoms with Crippen molar-refractivity contribution in [3.63, 3.8) is 0 Å². The van der Waals surface area contributed by atoms with Gasteiger partial charge in [-0.3, -0.25) is 10.1 Å². The molecule has 158 valence electrons. The predicted octanol–water partition coefficient (Wildman–Crippen LogP) is 5.26. The molecule has 5 heteroatoms. The zero-order chi connectivity index (χ0) is 20.9. The van der Waals surface area contributed by atoms with E-state index < -0.39 is 11.9 Å². The van der Waals surface area contributed by atoms with Crippen LogP contribution in [0.2, 0.25) is 0 Å². The third-order valence-corrected chi connectivity index (χ3v) is 5.17. The minimum absolute atomic E-state index is 0.407. The summed E-state index contributed by atoms with van der Waals surface area (Å²) in [4.78, 5) is 28.9. The molecule has 0 aromatic carbocycles. The highest BCUT2D eigenvalue weighted by Crippen LogP contribution is 2.28. The molecule has 0 aliphatic carbocycles. The predicted molar refractivity (Wildman–Crippen MR) is 116 cm³/mol. The SMILES string of the molecule is CCCCc1nc(C(=O)NC(N)=O)c(CCCC)c(CCCC)c1CCCC. The third kappa shape index (κ3) is 7.25. The van der Waals surface area contributed by atoms with Crippen LogP contribution in [0.15, 0.2) is 0 Å². The molecule has 1 rings (SSSR count). The summed E-state index contributed by atoms with van der Waals surface area (Å²) in [5, 5.41) is 2.24. The van der Waals surface area contributed by atoms with Crippen molar-refractivity contribution < 1.29 is 9.59 Å². The highest BCUT2D eigenvalue weighted by molar-refractivity contribution is 6.03. The Morgan fingerprint density at radius 1 is 0.750 bits per heavy atom. The van der Waals surface area contributed by atoms with E-state index in [4.69, 9.17) is 10.7 Å². The number of imide groups is 1. The number of carbonyl (C=O) groups is 2. The van der Waals surface area contributed by atoms with Crippen LogP contribution in [0.3, 0.4) is 0 Å². The number of hydrogen-bond donors (Lipinski definition) is 2. The summed E-state index contributed by atoms with van der Waals surface area (Å²) >= 11 is 0. The minimum Gasteiger partial charge on any atom is -0.351 e. The first kappa shape index (κ1) is 24.1. The zero-order valence-corrected chi connectivity index (χ0v) is 18.3. The van der Waals surface area contributed by atoms with Gasteiger partial charge in [0, 0.05) is 5.69 Å². The number of carbonyl (C=O) groups excluding carboxylic acids is 2. The number of aryl methyl sites for hydroxylation is 1. The molecule has 0 bridgehead atoms. The lowest BCUT2D eigenvalue weighted by Crippen LogP contribution is -2.36. The Morgan fingerprint density at radius 2 is 1.21 bits per heavy atom. The first-order chi connectivity index (χ1) is 13.5.